The molecule has 0 amide bonds. The minimum Gasteiger partial charge on any atom is -0.481 e. The van der Waals surface area contributed by atoms with Crippen molar-refractivity contribution in [1.29, 1.82) is 0 Å². The van der Waals surface area contributed by atoms with Gasteiger partial charge in [0.25, 0.3) is 0 Å². The minimum atomic E-state index is -0.768. The molecule has 0 heterocycles. The van der Waals surface area contributed by atoms with Gasteiger partial charge >= 0.3 is 5.97 Å². The summed E-state index contributed by atoms with van der Waals surface area (Å²) in [5, 5.41) is 17.4. The summed E-state index contributed by atoms with van der Waals surface area (Å²) in [7, 11) is 0. The third kappa shape index (κ3) is 16.7. The van der Waals surface area contributed by atoms with E-state index >= 15 is 0 Å². The summed E-state index contributed by atoms with van der Waals surface area (Å²) in [5.41, 5.74) is 0. The van der Waals surface area contributed by atoms with Crippen molar-refractivity contribution < 1.29 is 20.0 Å². The van der Waals surface area contributed by atoms with Crippen molar-refractivity contribution in [3.8, 4) is 0 Å². The summed E-state index contributed by atoms with van der Waals surface area (Å²) >= 11 is 0. The van der Waals surface area contributed by atoms with Crippen molar-refractivity contribution in [2.75, 3.05) is 0 Å². The highest BCUT2D eigenvalue weighted by Crippen LogP contribution is 2.04. The Labute approximate surface area is 146 Å². The van der Waals surface area contributed by atoms with Crippen LogP contribution in [0.1, 0.15) is 64.7 Å². The first-order valence-corrected chi connectivity index (χ1v) is 8.86. The number of hydrogen-bond acceptors (Lipinski definition) is 3. The highest BCUT2D eigenvalue weighted by atomic mass is 17.1. The van der Waals surface area contributed by atoms with E-state index in [2.05, 4.69) is 30.0 Å². The molecule has 24 heavy (non-hydrogen) atoms. The number of carboxylic acid groups (broad SMARTS) is 1. The third-order valence-corrected chi connectivity index (χ3v) is 3.42. The van der Waals surface area contributed by atoms with Crippen LogP contribution < -0.4 is 0 Å². The first-order valence-electron chi connectivity index (χ1n) is 8.86. The number of allylic oxidation sites excluding steroid dienone is 6. The molecule has 0 rings (SSSR count). The van der Waals surface area contributed by atoms with Crippen molar-refractivity contribution in [1.82, 2.24) is 0 Å². The van der Waals surface area contributed by atoms with E-state index in [1.54, 1.807) is 6.08 Å². The molecular formula is C20H32O4. The molecule has 0 aliphatic rings. The molecular weight excluding hydrogens is 304 g/mol. The zero-order valence-electron chi connectivity index (χ0n) is 14.8. The summed E-state index contributed by atoms with van der Waals surface area (Å²) in [4.78, 5) is 14.8. The highest BCUT2D eigenvalue weighted by Gasteiger charge is 1.99. The van der Waals surface area contributed by atoms with Crippen molar-refractivity contribution in [3.05, 3.63) is 48.6 Å². The van der Waals surface area contributed by atoms with Crippen LogP contribution in [0.15, 0.2) is 48.6 Å². The van der Waals surface area contributed by atoms with Gasteiger partial charge in [-0.25, -0.2) is 4.89 Å². The molecule has 2 N–H and O–H groups in total. The fourth-order valence-corrected chi connectivity index (χ4v) is 2.02. The molecule has 0 spiro atoms. The standard InChI is InChI=1S/C20H32O4/c1-2-3-4-5-6-7-8-10-13-16-19(24-23)17-14-11-9-12-15-18-20(21)22/h6-7,9-11,13-14,17,19,23H,2-5,8,12,15-16,18H2,1H3,(H,21,22)/b7-6+,11-9+,13-10+,17-14+. The SMILES string of the molecule is CCCCC/C=C/C/C=C/CC(/C=C/C=C/CCCC(=O)O)OO. The average molecular weight is 336 g/mol. The predicted molar refractivity (Wildman–Crippen MR) is 98.9 cm³/mol. The summed E-state index contributed by atoms with van der Waals surface area (Å²) in [6, 6.07) is 0. The van der Waals surface area contributed by atoms with Crippen LogP contribution in [-0.4, -0.2) is 22.4 Å². The van der Waals surface area contributed by atoms with E-state index < -0.39 is 5.97 Å². The molecule has 0 aromatic carbocycles. The van der Waals surface area contributed by atoms with Crippen LogP contribution in [0.5, 0.6) is 0 Å². The first-order chi connectivity index (χ1) is 11.7. The summed E-state index contributed by atoms with van der Waals surface area (Å²) in [5.74, 6) is -0.768. The number of carboxylic acids is 1. The van der Waals surface area contributed by atoms with Crippen LogP contribution in [0, 0.1) is 0 Å². The van der Waals surface area contributed by atoms with Crippen molar-refractivity contribution in [2.45, 2.75) is 70.8 Å². The van der Waals surface area contributed by atoms with Crippen LogP contribution in [0.25, 0.3) is 0 Å². The third-order valence-electron chi connectivity index (χ3n) is 3.42. The molecule has 4 heteroatoms. The van der Waals surface area contributed by atoms with Crippen LogP contribution in [-0.2, 0) is 9.68 Å². The predicted octanol–water partition coefficient (Wildman–Crippen LogP) is 5.68. The average Bonchev–Trinajstić information content (AvgIpc) is 2.57. The van der Waals surface area contributed by atoms with E-state index in [1.165, 1.54) is 19.3 Å². The molecule has 1 unspecified atom stereocenters. The summed E-state index contributed by atoms with van der Waals surface area (Å²) in [6.45, 7) is 2.20. The van der Waals surface area contributed by atoms with Crippen LogP contribution >= 0.6 is 0 Å². The van der Waals surface area contributed by atoms with E-state index in [9.17, 15) is 4.79 Å². The summed E-state index contributed by atoms with van der Waals surface area (Å²) in [6.07, 6.45) is 23.4. The zero-order chi connectivity index (χ0) is 17.9. The molecule has 136 valence electrons. The largest absolute Gasteiger partial charge is 0.481 e. The second-order valence-electron chi connectivity index (χ2n) is 5.65. The maximum absolute atomic E-state index is 10.3. The monoisotopic (exact) mass is 336 g/mol. The van der Waals surface area contributed by atoms with Gasteiger partial charge in [0.05, 0.1) is 0 Å². The van der Waals surface area contributed by atoms with E-state index in [0.29, 0.717) is 12.8 Å². The molecule has 0 aromatic rings. The van der Waals surface area contributed by atoms with Crippen LogP contribution in [0.3, 0.4) is 0 Å². The number of rotatable bonds is 15. The van der Waals surface area contributed by atoms with Gasteiger partial charge in [-0.2, -0.15) is 0 Å². The summed E-state index contributed by atoms with van der Waals surface area (Å²) < 4.78 is 0. The van der Waals surface area contributed by atoms with Gasteiger partial charge in [-0.05, 0) is 38.5 Å². The van der Waals surface area contributed by atoms with Gasteiger partial charge in [-0.3, -0.25) is 10.1 Å². The minimum absolute atomic E-state index is 0.189. The maximum Gasteiger partial charge on any atom is 0.303 e. The molecule has 0 aromatic heterocycles. The lowest BCUT2D eigenvalue weighted by molar-refractivity contribution is -0.264. The smallest absolute Gasteiger partial charge is 0.303 e. The van der Waals surface area contributed by atoms with E-state index in [-0.39, 0.29) is 12.5 Å². The Balaban J connectivity index is 3.81. The quantitative estimate of drug-likeness (QED) is 0.133. The molecule has 4 nitrogen and oxygen atoms in total. The van der Waals surface area contributed by atoms with Crippen molar-refractivity contribution in [3.63, 3.8) is 0 Å². The lowest BCUT2D eigenvalue weighted by Crippen LogP contribution is -2.04. The Hall–Kier alpha value is -1.65. The number of unbranched alkanes of at least 4 members (excludes halogenated alkanes) is 4. The fraction of sp³-hybridized carbons (Fsp3) is 0.550. The van der Waals surface area contributed by atoms with E-state index in [0.717, 1.165) is 19.3 Å². The number of hydrogen-bond donors (Lipinski definition) is 2. The Morgan fingerprint density at radius 2 is 1.75 bits per heavy atom. The molecule has 0 saturated carbocycles. The molecule has 0 aliphatic carbocycles. The Morgan fingerprint density at radius 3 is 2.46 bits per heavy atom. The van der Waals surface area contributed by atoms with Gasteiger partial charge in [0, 0.05) is 6.42 Å². The van der Waals surface area contributed by atoms with Crippen LogP contribution in [0.2, 0.25) is 0 Å². The van der Waals surface area contributed by atoms with Gasteiger partial charge in [-0.1, -0.05) is 68.4 Å². The topological polar surface area (TPSA) is 66.8 Å². The van der Waals surface area contributed by atoms with Gasteiger partial charge in [0.1, 0.15) is 6.10 Å². The van der Waals surface area contributed by atoms with Crippen molar-refractivity contribution in [2.24, 2.45) is 0 Å². The highest BCUT2D eigenvalue weighted by molar-refractivity contribution is 5.66. The van der Waals surface area contributed by atoms with Gasteiger partial charge in [0.15, 0.2) is 0 Å². The fourth-order valence-electron chi connectivity index (χ4n) is 2.02. The lowest BCUT2D eigenvalue weighted by atomic mass is 10.2. The number of carbonyl (C=O) groups is 1. The van der Waals surface area contributed by atoms with Gasteiger partial charge < -0.3 is 5.11 Å². The van der Waals surface area contributed by atoms with E-state index in [1.807, 2.05) is 24.3 Å². The molecule has 1 atom stereocenters. The molecule has 0 saturated heterocycles. The van der Waals surface area contributed by atoms with Gasteiger partial charge in [0.2, 0.25) is 0 Å². The lowest BCUT2D eigenvalue weighted by Gasteiger charge is -2.03. The van der Waals surface area contributed by atoms with Crippen LogP contribution in [0.4, 0.5) is 0 Å². The Morgan fingerprint density at radius 1 is 1.00 bits per heavy atom. The molecule has 0 fully saturated rings. The van der Waals surface area contributed by atoms with Crippen molar-refractivity contribution >= 4 is 5.97 Å². The zero-order valence-corrected chi connectivity index (χ0v) is 14.8. The number of aliphatic carboxylic acids is 1. The second-order valence-corrected chi connectivity index (χ2v) is 5.65. The Kier molecular flexibility index (Phi) is 16.5. The maximum atomic E-state index is 10.3. The normalized spacial score (nSPS) is 13.8. The molecule has 0 radical (unpaired) electrons. The Bertz CT molecular complexity index is 408. The molecule has 0 aliphatic heterocycles. The first kappa shape index (κ1) is 22.4. The van der Waals surface area contributed by atoms with Gasteiger partial charge in [-0.15, -0.1) is 0 Å². The second kappa shape index (κ2) is 17.7. The molecule has 0 bridgehead atoms. The van der Waals surface area contributed by atoms with E-state index in [4.69, 9.17) is 10.4 Å².